The van der Waals surface area contributed by atoms with Crippen molar-refractivity contribution in [2.24, 2.45) is 0 Å². The van der Waals surface area contributed by atoms with Crippen LogP contribution in [0, 0.1) is 0 Å². The standard InChI is InChI=1S/C15H19OSi.3C4H9.Sn/c1-5-14(17(2,3)4)15-12-9-7-6-8-11(12)10-13(15)16;3*1-3-4-2;/h1,5-9,13,16H,10H2,2-4H3;3*1,3-4H2,2H3;/b5-1?,15-14-;;;;. The Morgan fingerprint density at radius 2 is 1.50 bits per heavy atom. The van der Waals surface area contributed by atoms with Crippen molar-refractivity contribution in [3.05, 3.63) is 50.8 Å². The van der Waals surface area contributed by atoms with Crippen LogP contribution in [0.3, 0.4) is 0 Å². The molecular weight excluding hydrogens is 487 g/mol. The fourth-order valence-corrected chi connectivity index (χ4v) is 21.3. The monoisotopic (exact) mass is 534 g/mol. The van der Waals surface area contributed by atoms with E-state index in [2.05, 4.69) is 74.8 Å². The fraction of sp³-hybridized carbons (Fsp3) is 0.630. The first-order valence-electron chi connectivity index (χ1n) is 12.5. The van der Waals surface area contributed by atoms with Crippen molar-refractivity contribution < 1.29 is 5.11 Å². The Balaban J connectivity index is 2.53. The summed E-state index contributed by atoms with van der Waals surface area (Å²) in [4.78, 5) is 0. The molecule has 0 spiro atoms. The van der Waals surface area contributed by atoms with Crippen LogP contribution in [0.5, 0.6) is 0 Å². The summed E-state index contributed by atoms with van der Waals surface area (Å²) in [6.07, 6.45) is 11.2. The molecule has 3 heteroatoms. The van der Waals surface area contributed by atoms with Gasteiger partial charge in [0.2, 0.25) is 0 Å². The van der Waals surface area contributed by atoms with Gasteiger partial charge in [0.05, 0.1) is 0 Å². The Bertz CT molecular complexity index is 707. The SMILES string of the molecule is CCC[CH2][Sn](/[CH]=C/C(=C1\c2ccccc2CC1O)[Si](C)(C)C)([CH2]CCC)[CH2]CCC. The summed E-state index contributed by atoms with van der Waals surface area (Å²) in [5, 5.41) is 12.6. The summed E-state index contributed by atoms with van der Waals surface area (Å²) in [7, 11) is -1.59. The van der Waals surface area contributed by atoms with Crippen molar-refractivity contribution in [1.29, 1.82) is 0 Å². The number of benzene rings is 1. The number of aliphatic hydroxyl groups excluding tert-OH is 1. The second-order valence-electron chi connectivity index (χ2n) is 10.5. The Morgan fingerprint density at radius 3 is 2.00 bits per heavy atom. The zero-order valence-electron chi connectivity index (χ0n) is 20.6. The van der Waals surface area contributed by atoms with E-state index in [4.69, 9.17) is 0 Å². The summed E-state index contributed by atoms with van der Waals surface area (Å²) in [5.74, 6) is 0. The van der Waals surface area contributed by atoms with E-state index in [-0.39, 0.29) is 6.10 Å². The number of hydrogen-bond acceptors (Lipinski definition) is 1. The molecule has 168 valence electrons. The van der Waals surface area contributed by atoms with Gasteiger partial charge in [-0.2, -0.15) is 0 Å². The molecule has 1 aliphatic carbocycles. The molecule has 1 nitrogen and oxygen atoms in total. The Morgan fingerprint density at radius 1 is 0.967 bits per heavy atom. The average Bonchev–Trinajstić information content (AvgIpc) is 3.03. The van der Waals surface area contributed by atoms with Crippen LogP contribution in [0.1, 0.15) is 70.4 Å². The molecule has 0 aromatic heterocycles. The predicted octanol–water partition coefficient (Wildman–Crippen LogP) is 8.18. The second-order valence-corrected chi connectivity index (χ2v) is 28.5. The Labute approximate surface area is 192 Å². The number of hydrogen-bond donors (Lipinski definition) is 1. The molecule has 1 aromatic rings. The number of allylic oxidation sites excluding steroid dienone is 2. The Kier molecular flexibility index (Phi) is 10.4. The quantitative estimate of drug-likeness (QED) is 0.269. The molecule has 0 aliphatic heterocycles. The molecule has 1 N–H and O–H groups in total. The molecule has 0 saturated carbocycles. The van der Waals surface area contributed by atoms with E-state index in [0.717, 1.165) is 6.42 Å². The third kappa shape index (κ3) is 6.84. The van der Waals surface area contributed by atoms with Crippen molar-refractivity contribution in [3.8, 4) is 0 Å². The van der Waals surface area contributed by atoms with Crippen LogP contribution in [-0.4, -0.2) is 37.7 Å². The van der Waals surface area contributed by atoms with Gasteiger partial charge in [0.1, 0.15) is 0 Å². The maximum absolute atomic E-state index is 11.0. The van der Waals surface area contributed by atoms with Crippen LogP contribution >= 0.6 is 0 Å². The van der Waals surface area contributed by atoms with E-state index in [1.807, 2.05) is 0 Å². The third-order valence-corrected chi connectivity index (χ3v) is 22.9. The average molecular weight is 533 g/mol. The van der Waals surface area contributed by atoms with Crippen LogP contribution in [0.4, 0.5) is 0 Å². The van der Waals surface area contributed by atoms with Crippen molar-refractivity contribution in [2.45, 2.75) is 105 Å². The molecule has 1 aliphatic rings. The number of aliphatic hydroxyl groups is 1. The molecule has 0 saturated heterocycles. The number of unbranched alkanes of at least 4 members (excludes halogenated alkanes) is 3. The van der Waals surface area contributed by atoms with Gasteiger partial charge in [-0.15, -0.1) is 0 Å². The minimum atomic E-state index is -2.34. The van der Waals surface area contributed by atoms with Crippen LogP contribution in [0.15, 0.2) is 39.6 Å². The number of rotatable bonds is 12. The van der Waals surface area contributed by atoms with E-state index in [1.54, 1.807) is 0 Å². The molecule has 0 bridgehead atoms. The first-order valence-corrected chi connectivity index (χ1v) is 23.7. The van der Waals surface area contributed by atoms with Crippen LogP contribution < -0.4 is 0 Å². The van der Waals surface area contributed by atoms with Gasteiger partial charge in [-0.05, 0) is 0 Å². The molecule has 2 rings (SSSR count). The van der Waals surface area contributed by atoms with Gasteiger partial charge in [-0.25, -0.2) is 0 Å². The Hall–Kier alpha value is -0.324. The van der Waals surface area contributed by atoms with Crippen molar-refractivity contribution in [3.63, 3.8) is 0 Å². The first kappa shape index (κ1) is 25.9. The van der Waals surface area contributed by atoms with Crippen molar-refractivity contribution in [2.75, 3.05) is 0 Å². The van der Waals surface area contributed by atoms with E-state index >= 15 is 0 Å². The normalized spacial score (nSPS) is 18.8. The van der Waals surface area contributed by atoms with Crippen LogP contribution in [-0.2, 0) is 6.42 Å². The summed E-state index contributed by atoms with van der Waals surface area (Å²) in [6, 6.07) is 8.68. The molecule has 30 heavy (non-hydrogen) atoms. The molecule has 0 amide bonds. The van der Waals surface area contributed by atoms with Crippen molar-refractivity contribution >= 4 is 32.0 Å². The molecule has 0 heterocycles. The summed E-state index contributed by atoms with van der Waals surface area (Å²) in [6.45, 7) is 14.4. The van der Waals surface area contributed by atoms with E-state index in [0.29, 0.717) is 0 Å². The molecule has 1 aromatic carbocycles. The number of fused-ring (bicyclic) bond motifs is 1. The second kappa shape index (κ2) is 12.1. The summed E-state index contributed by atoms with van der Waals surface area (Å²) < 4.78 is 7.34. The first-order chi connectivity index (χ1) is 14.3. The fourth-order valence-electron chi connectivity index (χ4n) is 4.99. The zero-order chi connectivity index (χ0) is 22.2. The third-order valence-electron chi connectivity index (χ3n) is 6.84. The van der Waals surface area contributed by atoms with Gasteiger partial charge >= 0.3 is 193 Å². The predicted molar refractivity (Wildman–Crippen MR) is 140 cm³/mol. The summed E-state index contributed by atoms with van der Waals surface area (Å²) in [5.41, 5.74) is 3.88. The van der Waals surface area contributed by atoms with Gasteiger partial charge in [0.15, 0.2) is 0 Å². The van der Waals surface area contributed by atoms with Crippen LogP contribution in [0.25, 0.3) is 5.57 Å². The van der Waals surface area contributed by atoms with E-state index < -0.39 is 26.5 Å². The van der Waals surface area contributed by atoms with E-state index in [1.165, 1.54) is 73.7 Å². The van der Waals surface area contributed by atoms with Gasteiger partial charge in [0, 0.05) is 0 Å². The topological polar surface area (TPSA) is 20.2 Å². The maximum atomic E-state index is 11.0. The van der Waals surface area contributed by atoms with Gasteiger partial charge < -0.3 is 0 Å². The molecule has 1 atom stereocenters. The van der Waals surface area contributed by atoms with Gasteiger partial charge in [-0.3, -0.25) is 0 Å². The van der Waals surface area contributed by atoms with Gasteiger partial charge in [0.25, 0.3) is 0 Å². The molecule has 0 fully saturated rings. The van der Waals surface area contributed by atoms with Gasteiger partial charge in [-0.1, -0.05) is 0 Å². The van der Waals surface area contributed by atoms with E-state index in [9.17, 15) is 5.11 Å². The molecular formula is C27H46OSiSn. The zero-order valence-corrected chi connectivity index (χ0v) is 24.4. The van der Waals surface area contributed by atoms with Crippen molar-refractivity contribution in [1.82, 2.24) is 0 Å². The molecule has 0 radical (unpaired) electrons. The minimum absolute atomic E-state index is 0.333. The molecule has 1 unspecified atom stereocenters. The van der Waals surface area contributed by atoms with Crippen LogP contribution in [0.2, 0.25) is 33.0 Å². The summed E-state index contributed by atoms with van der Waals surface area (Å²) >= 11 is -2.34.